The van der Waals surface area contributed by atoms with Gasteiger partial charge in [-0.3, -0.25) is 4.68 Å². The number of hydrogen-bond acceptors (Lipinski definition) is 3. The highest BCUT2D eigenvalue weighted by atomic mass is 79.9. The first-order valence-electron chi connectivity index (χ1n) is 7.19. The minimum absolute atomic E-state index is 0.512. The molecule has 2 aromatic heterocycles. The average molecular weight is 339 g/mol. The van der Waals surface area contributed by atoms with Gasteiger partial charge in [0.2, 0.25) is 0 Å². The molecule has 1 unspecified atom stereocenters. The fraction of sp³-hybridized carbons (Fsp3) is 0.533. The van der Waals surface area contributed by atoms with Crippen LogP contribution in [0.25, 0.3) is 0 Å². The van der Waals surface area contributed by atoms with Gasteiger partial charge in [-0.05, 0) is 40.9 Å². The predicted octanol–water partition coefficient (Wildman–Crippen LogP) is 4.02. The Balaban J connectivity index is 1.66. The van der Waals surface area contributed by atoms with Crippen molar-refractivity contribution in [2.24, 2.45) is 0 Å². The smallest absolute Gasteiger partial charge is 0.174 e. The highest BCUT2D eigenvalue weighted by Crippen LogP contribution is 2.29. The van der Waals surface area contributed by atoms with Crippen LogP contribution in [-0.2, 0) is 6.42 Å². The second-order valence-electron chi connectivity index (χ2n) is 5.45. The van der Waals surface area contributed by atoms with Gasteiger partial charge < -0.3 is 9.52 Å². The monoisotopic (exact) mass is 338 g/mol. The van der Waals surface area contributed by atoms with Crippen LogP contribution in [0.4, 0.5) is 0 Å². The molecule has 1 aliphatic rings. The average Bonchev–Trinajstić information content (AvgIpc) is 3.09. The van der Waals surface area contributed by atoms with Gasteiger partial charge in [-0.25, -0.2) is 0 Å². The van der Waals surface area contributed by atoms with E-state index in [1.54, 1.807) is 12.3 Å². The number of hydrogen-bond donors (Lipinski definition) is 1. The molecule has 2 heterocycles. The van der Waals surface area contributed by atoms with Gasteiger partial charge in [-0.15, -0.1) is 0 Å². The van der Waals surface area contributed by atoms with Crippen LogP contribution < -0.4 is 0 Å². The molecule has 108 valence electrons. The zero-order valence-electron chi connectivity index (χ0n) is 11.3. The fourth-order valence-corrected chi connectivity index (χ4v) is 3.39. The summed E-state index contributed by atoms with van der Waals surface area (Å²) in [6.45, 7) is 0. The maximum absolute atomic E-state index is 10.2. The van der Waals surface area contributed by atoms with Crippen LogP contribution in [0, 0.1) is 0 Å². The molecule has 0 aliphatic heterocycles. The van der Waals surface area contributed by atoms with E-state index in [2.05, 4.69) is 25.7 Å². The largest absolute Gasteiger partial charge is 0.457 e. The number of halogens is 1. The SMILES string of the molecule is OC(Cc1ccn(C2CCCCC2)n1)c1ccoc1Br. The number of aliphatic hydroxyl groups excluding tert-OH is 1. The quantitative estimate of drug-likeness (QED) is 0.915. The first kappa shape index (κ1) is 13.9. The lowest BCUT2D eigenvalue weighted by Gasteiger charge is -2.21. The lowest BCUT2D eigenvalue weighted by Crippen LogP contribution is -2.13. The molecule has 1 atom stereocenters. The Morgan fingerprint density at radius 2 is 2.15 bits per heavy atom. The van der Waals surface area contributed by atoms with E-state index in [0.717, 1.165) is 11.3 Å². The molecule has 20 heavy (non-hydrogen) atoms. The summed E-state index contributed by atoms with van der Waals surface area (Å²) in [5.74, 6) is 0. The summed E-state index contributed by atoms with van der Waals surface area (Å²) < 4.78 is 7.82. The first-order chi connectivity index (χ1) is 9.74. The minimum Gasteiger partial charge on any atom is -0.457 e. The van der Waals surface area contributed by atoms with Gasteiger partial charge in [0, 0.05) is 18.2 Å². The van der Waals surface area contributed by atoms with Crippen molar-refractivity contribution in [2.45, 2.75) is 50.7 Å². The molecule has 2 aromatic rings. The van der Waals surface area contributed by atoms with Crippen molar-refractivity contribution in [2.75, 3.05) is 0 Å². The molecule has 5 heteroatoms. The Bertz CT molecular complexity index is 558. The molecule has 1 aliphatic carbocycles. The van der Waals surface area contributed by atoms with Gasteiger partial charge in [-0.1, -0.05) is 19.3 Å². The number of aromatic nitrogens is 2. The topological polar surface area (TPSA) is 51.2 Å². The Morgan fingerprint density at radius 3 is 2.85 bits per heavy atom. The molecule has 0 aromatic carbocycles. The third kappa shape index (κ3) is 2.99. The van der Waals surface area contributed by atoms with Gasteiger partial charge in [0.15, 0.2) is 4.67 Å². The van der Waals surface area contributed by atoms with E-state index in [4.69, 9.17) is 4.42 Å². The summed E-state index contributed by atoms with van der Waals surface area (Å²) in [5.41, 5.74) is 1.70. The molecule has 4 nitrogen and oxygen atoms in total. The minimum atomic E-state index is -0.585. The van der Waals surface area contributed by atoms with Crippen molar-refractivity contribution in [3.05, 3.63) is 40.5 Å². The van der Waals surface area contributed by atoms with Crippen LogP contribution in [0.3, 0.4) is 0 Å². The van der Waals surface area contributed by atoms with Crippen molar-refractivity contribution in [3.63, 3.8) is 0 Å². The van der Waals surface area contributed by atoms with Crippen molar-refractivity contribution in [1.29, 1.82) is 0 Å². The summed E-state index contributed by atoms with van der Waals surface area (Å²) in [4.78, 5) is 0. The van der Waals surface area contributed by atoms with Crippen LogP contribution >= 0.6 is 15.9 Å². The van der Waals surface area contributed by atoms with Crippen LogP contribution in [0.2, 0.25) is 0 Å². The van der Waals surface area contributed by atoms with Crippen molar-refractivity contribution < 1.29 is 9.52 Å². The van der Waals surface area contributed by atoms with Crippen LogP contribution in [0.5, 0.6) is 0 Å². The second kappa shape index (κ2) is 6.14. The Hall–Kier alpha value is -1.07. The van der Waals surface area contributed by atoms with Crippen LogP contribution in [-0.4, -0.2) is 14.9 Å². The lowest BCUT2D eigenvalue weighted by molar-refractivity contribution is 0.174. The molecular weight excluding hydrogens is 320 g/mol. The molecule has 1 N–H and O–H groups in total. The molecule has 0 radical (unpaired) electrons. The predicted molar refractivity (Wildman–Crippen MR) is 79.4 cm³/mol. The van der Waals surface area contributed by atoms with Crippen molar-refractivity contribution in [3.8, 4) is 0 Å². The van der Waals surface area contributed by atoms with Crippen LogP contribution in [0.15, 0.2) is 33.7 Å². The molecule has 3 rings (SSSR count). The van der Waals surface area contributed by atoms with E-state index in [1.807, 2.05) is 12.3 Å². The van der Waals surface area contributed by atoms with Gasteiger partial charge >= 0.3 is 0 Å². The zero-order chi connectivity index (χ0) is 13.9. The van der Waals surface area contributed by atoms with Crippen LogP contribution in [0.1, 0.15) is 55.5 Å². The summed E-state index contributed by atoms with van der Waals surface area (Å²) in [7, 11) is 0. The molecule has 1 fully saturated rings. The number of aliphatic hydroxyl groups is 1. The standard InChI is InChI=1S/C15H19BrN2O2/c16-15-13(7-9-20-15)14(19)10-11-6-8-18(17-11)12-4-2-1-3-5-12/h6-9,12,14,19H,1-5,10H2. The molecule has 0 amide bonds. The fourth-order valence-electron chi connectivity index (χ4n) is 2.89. The van der Waals surface area contributed by atoms with E-state index in [1.165, 1.54) is 32.1 Å². The number of nitrogens with zero attached hydrogens (tertiary/aromatic N) is 2. The van der Waals surface area contributed by atoms with E-state index in [-0.39, 0.29) is 0 Å². The maximum Gasteiger partial charge on any atom is 0.174 e. The Morgan fingerprint density at radius 1 is 1.35 bits per heavy atom. The zero-order valence-corrected chi connectivity index (χ0v) is 12.9. The Kier molecular flexibility index (Phi) is 4.27. The summed E-state index contributed by atoms with van der Waals surface area (Å²) >= 11 is 3.30. The van der Waals surface area contributed by atoms with Gasteiger partial charge in [0.25, 0.3) is 0 Å². The number of rotatable bonds is 4. The third-order valence-electron chi connectivity index (χ3n) is 4.02. The molecule has 0 bridgehead atoms. The highest BCUT2D eigenvalue weighted by Gasteiger charge is 2.18. The normalized spacial score (nSPS) is 18.3. The second-order valence-corrected chi connectivity index (χ2v) is 6.17. The maximum atomic E-state index is 10.2. The summed E-state index contributed by atoms with van der Waals surface area (Å²) in [6, 6.07) is 4.33. The van der Waals surface area contributed by atoms with Crippen molar-refractivity contribution >= 4 is 15.9 Å². The van der Waals surface area contributed by atoms with Gasteiger partial charge in [0.1, 0.15) is 0 Å². The summed E-state index contributed by atoms with van der Waals surface area (Å²) in [6.07, 6.45) is 9.92. The molecule has 1 saturated carbocycles. The van der Waals surface area contributed by atoms with E-state index >= 15 is 0 Å². The molecular formula is C15H19BrN2O2. The third-order valence-corrected chi connectivity index (χ3v) is 4.66. The van der Waals surface area contributed by atoms with Gasteiger partial charge in [0.05, 0.1) is 24.1 Å². The number of furan rings is 1. The van der Waals surface area contributed by atoms with E-state index in [0.29, 0.717) is 17.1 Å². The van der Waals surface area contributed by atoms with E-state index < -0.39 is 6.10 Å². The lowest BCUT2D eigenvalue weighted by atomic mass is 9.96. The van der Waals surface area contributed by atoms with E-state index in [9.17, 15) is 5.11 Å². The summed E-state index contributed by atoms with van der Waals surface area (Å²) in [5, 5.41) is 14.8. The van der Waals surface area contributed by atoms with Gasteiger partial charge in [-0.2, -0.15) is 5.10 Å². The Labute approximate surface area is 126 Å². The highest BCUT2D eigenvalue weighted by molar-refractivity contribution is 9.10. The molecule has 0 spiro atoms. The molecule has 0 saturated heterocycles. The van der Waals surface area contributed by atoms with Crippen molar-refractivity contribution in [1.82, 2.24) is 9.78 Å². The first-order valence-corrected chi connectivity index (χ1v) is 7.98.